The second kappa shape index (κ2) is 14.6. The summed E-state index contributed by atoms with van der Waals surface area (Å²) in [5.41, 5.74) is 13.4. The van der Waals surface area contributed by atoms with Gasteiger partial charge in [0, 0.05) is 36.6 Å². The van der Waals surface area contributed by atoms with E-state index in [4.69, 9.17) is 0 Å². The van der Waals surface area contributed by atoms with Crippen molar-refractivity contribution < 1.29 is 0 Å². The molecule has 0 spiro atoms. The van der Waals surface area contributed by atoms with Gasteiger partial charge in [0.15, 0.2) is 0 Å². The molecule has 0 saturated carbocycles. The van der Waals surface area contributed by atoms with Crippen molar-refractivity contribution in [2.24, 2.45) is 0 Å². The molecule has 0 N–H and O–H groups in total. The molecule has 1 nitrogen and oxygen atoms in total. The first-order valence-electron chi connectivity index (χ1n) is 22.7. The molecule has 66 heavy (non-hydrogen) atoms. The maximum atomic E-state index is 2.46. The van der Waals surface area contributed by atoms with Crippen molar-refractivity contribution in [1.29, 1.82) is 0 Å². The van der Waals surface area contributed by atoms with Crippen molar-refractivity contribution in [2.45, 2.75) is 0 Å². The van der Waals surface area contributed by atoms with Crippen molar-refractivity contribution in [2.75, 3.05) is 0 Å². The van der Waals surface area contributed by atoms with Crippen LogP contribution in [0.4, 0.5) is 0 Å². The Labute approximate surface area is 385 Å². The highest BCUT2D eigenvalue weighted by Crippen LogP contribution is 2.46. The van der Waals surface area contributed by atoms with Crippen LogP contribution in [-0.4, -0.2) is 4.57 Å². The van der Waals surface area contributed by atoms with E-state index in [0.29, 0.717) is 0 Å². The SMILES string of the molecule is c1ccc(-c2c3ccccc3c(-c3ccc(-n4c5ccc(-c6ccc7c(ccc8ccccc87)c6)cc5c5cc(-c6cccc7c6sc6ccccc67)ccc54)cc3)c3ccccc23)cc1. The zero-order valence-corrected chi connectivity index (χ0v) is 36.7. The molecular formula is C64H39NS. The van der Waals surface area contributed by atoms with Gasteiger partial charge in [-0.25, -0.2) is 0 Å². The number of thiophene rings is 1. The first-order valence-corrected chi connectivity index (χ1v) is 23.6. The quantitative estimate of drug-likeness (QED) is 0.120. The summed E-state index contributed by atoms with van der Waals surface area (Å²) in [4.78, 5) is 0. The molecule has 0 unspecified atom stereocenters. The number of aromatic nitrogens is 1. The zero-order valence-electron chi connectivity index (χ0n) is 35.9. The van der Waals surface area contributed by atoms with Gasteiger partial charge in [-0.3, -0.25) is 0 Å². The summed E-state index contributed by atoms with van der Waals surface area (Å²) in [6.07, 6.45) is 0. The van der Waals surface area contributed by atoms with Crippen LogP contribution in [-0.2, 0) is 0 Å². The van der Waals surface area contributed by atoms with Crippen LogP contribution in [0.5, 0.6) is 0 Å². The lowest BCUT2D eigenvalue weighted by atomic mass is 9.86. The Hall–Kier alpha value is -8.30. The first kappa shape index (κ1) is 37.1. The molecule has 0 aliphatic rings. The van der Waals surface area contributed by atoms with Crippen LogP contribution in [0, 0.1) is 0 Å². The third-order valence-corrected chi connectivity index (χ3v) is 15.2. The molecule has 0 amide bonds. The van der Waals surface area contributed by atoms with Gasteiger partial charge in [-0.2, -0.15) is 0 Å². The van der Waals surface area contributed by atoms with Gasteiger partial charge in [0.1, 0.15) is 0 Å². The fraction of sp³-hybridized carbons (Fsp3) is 0. The minimum absolute atomic E-state index is 1.14. The van der Waals surface area contributed by atoms with Crippen LogP contribution in [0.1, 0.15) is 0 Å². The van der Waals surface area contributed by atoms with E-state index in [0.717, 1.165) is 5.69 Å². The minimum atomic E-state index is 1.14. The van der Waals surface area contributed by atoms with E-state index in [-0.39, 0.29) is 0 Å². The Bertz CT molecular complexity index is 4210. The summed E-state index contributed by atoms with van der Waals surface area (Å²) in [5.74, 6) is 0. The van der Waals surface area contributed by atoms with E-state index in [9.17, 15) is 0 Å². The molecule has 0 saturated heterocycles. The summed E-state index contributed by atoms with van der Waals surface area (Å²) in [6, 6.07) is 87.8. The van der Waals surface area contributed by atoms with Crippen LogP contribution in [0.15, 0.2) is 237 Å². The third kappa shape index (κ3) is 5.65. The molecule has 0 atom stereocenters. The van der Waals surface area contributed by atoms with Gasteiger partial charge in [0.25, 0.3) is 0 Å². The highest BCUT2D eigenvalue weighted by molar-refractivity contribution is 7.26. The molecule has 2 heterocycles. The Balaban J connectivity index is 0.961. The van der Waals surface area contributed by atoms with Gasteiger partial charge in [0.2, 0.25) is 0 Å². The molecule has 0 aliphatic carbocycles. The van der Waals surface area contributed by atoms with E-state index in [1.807, 2.05) is 11.3 Å². The number of benzene rings is 12. The average Bonchev–Trinajstić information content (AvgIpc) is 3.93. The Morgan fingerprint density at radius 2 is 0.773 bits per heavy atom. The van der Waals surface area contributed by atoms with Gasteiger partial charge in [-0.05, 0) is 136 Å². The predicted octanol–water partition coefficient (Wildman–Crippen LogP) is 18.4. The van der Waals surface area contributed by atoms with Gasteiger partial charge in [-0.1, -0.05) is 188 Å². The normalized spacial score (nSPS) is 11.9. The Morgan fingerprint density at radius 1 is 0.273 bits per heavy atom. The lowest BCUT2D eigenvalue weighted by Crippen LogP contribution is -1.95. The van der Waals surface area contributed by atoms with Gasteiger partial charge in [-0.15, -0.1) is 11.3 Å². The maximum absolute atomic E-state index is 2.46. The Morgan fingerprint density at radius 3 is 1.48 bits per heavy atom. The molecule has 306 valence electrons. The van der Waals surface area contributed by atoms with E-state index in [1.165, 1.54) is 130 Å². The monoisotopic (exact) mass is 853 g/mol. The average molecular weight is 854 g/mol. The molecule has 2 aromatic heterocycles. The third-order valence-electron chi connectivity index (χ3n) is 14.0. The smallest absolute Gasteiger partial charge is 0.0541 e. The molecule has 0 aliphatic heterocycles. The van der Waals surface area contributed by atoms with Crippen LogP contribution in [0.2, 0.25) is 0 Å². The topological polar surface area (TPSA) is 4.93 Å². The lowest BCUT2D eigenvalue weighted by Gasteiger charge is -2.18. The van der Waals surface area contributed by atoms with Gasteiger partial charge >= 0.3 is 0 Å². The van der Waals surface area contributed by atoms with Crippen LogP contribution in [0.25, 0.3) is 135 Å². The van der Waals surface area contributed by atoms with Crippen LogP contribution >= 0.6 is 11.3 Å². The highest BCUT2D eigenvalue weighted by atomic mass is 32.1. The predicted molar refractivity (Wildman–Crippen MR) is 285 cm³/mol. The van der Waals surface area contributed by atoms with Crippen molar-refractivity contribution in [3.63, 3.8) is 0 Å². The summed E-state index contributed by atoms with van der Waals surface area (Å²) < 4.78 is 5.12. The molecule has 14 aromatic rings. The number of nitrogens with zero attached hydrogens (tertiary/aromatic N) is 1. The standard InChI is InChI=1S/C64H39NS/c1-2-14-41(15-3-1)62-52-18-6-8-20-54(52)63(55-21-9-7-19-53(55)62)42-27-32-47(33-28-42)65-59-35-30-44(43-29-34-49-45(37-43)26-25-40-13-4-5-16-48(40)49)38-57(59)58-39-46(31-36-60(58)65)50-22-12-23-56-51-17-10-11-24-61(51)66-64(50)56/h1-39H. The summed E-state index contributed by atoms with van der Waals surface area (Å²) in [6.45, 7) is 0. The molecule has 0 fully saturated rings. The zero-order chi connectivity index (χ0) is 43.3. The molecule has 0 radical (unpaired) electrons. The van der Waals surface area contributed by atoms with Gasteiger partial charge < -0.3 is 4.57 Å². The first-order chi connectivity index (χ1) is 32.7. The van der Waals surface area contributed by atoms with Crippen molar-refractivity contribution in [3.8, 4) is 50.2 Å². The summed E-state index contributed by atoms with van der Waals surface area (Å²) >= 11 is 1.89. The number of hydrogen-bond acceptors (Lipinski definition) is 1. The molecule has 2 heteroatoms. The van der Waals surface area contributed by atoms with E-state index < -0.39 is 0 Å². The molecule has 0 bridgehead atoms. The van der Waals surface area contributed by atoms with Crippen molar-refractivity contribution in [1.82, 2.24) is 4.57 Å². The van der Waals surface area contributed by atoms with Crippen molar-refractivity contribution in [3.05, 3.63) is 237 Å². The van der Waals surface area contributed by atoms with E-state index in [2.05, 4.69) is 241 Å². The lowest BCUT2D eigenvalue weighted by molar-refractivity contribution is 1.18. The molecular weight excluding hydrogens is 815 g/mol. The van der Waals surface area contributed by atoms with Crippen LogP contribution in [0.3, 0.4) is 0 Å². The molecule has 12 aromatic carbocycles. The molecule has 14 rings (SSSR count). The van der Waals surface area contributed by atoms with Gasteiger partial charge in [0.05, 0.1) is 11.0 Å². The van der Waals surface area contributed by atoms with Crippen LogP contribution < -0.4 is 0 Å². The second-order valence-corrected chi connectivity index (χ2v) is 18.6. The number of fused-ring (bicyclic) bond motifs is 11. The summed E-state index contributed by atoms with van der Waals surface area (Å²) in [5, 5.41) is 15.3. The number of hydrogen-bond donors (Lipinski definition) is 0. The van der Waals surface area contributed by atoms with Crippen molar-refractivity contribution >= 4 is 96.4 Å². The fourth-order valence-corrected chi connectivity index (χ4v) is 12.2. The maximum Gasteiger partial charge on any atom is 0.0541 e. The second-order valence-electron chi connectivity index (χ2n) is 17.6. The van der Waals surface area contributed by atoms with E-state index in [1.54, 1.807) is 0 Å². The summed E-state index contributed by atoms with van der Waals surface area (Å²) in [7, 11) is 0. The number of rotatable bonds is 5. The minimum Gasteiger partial charge on any atom is -0.309 e. The largest absolute Gasteiger partial charge is 0.309 e. The van der Waals surface area contributed by atoms with E-state index >= 15 is 0 Å². The highest BCUT2D eigenvalue weighted by Gasteiger charge is 2.19. The fourth-order valence-electron chi connectivity index (χ4n) is 10.9. The Kier molecular flexibility index (Phi) is 8.22.